The molecule has 0 N–H and O–H groups in total. The molecule has 2 aromatic heterocycles. The Hall–Kier alpha value is -3.04. The summed E-state index contributed by atoms with van der Waals surface area (Å²) >= 11 is 1.64. The lowest BCUT2D eigenvalue weighted by Crippen LogP contribution is -1.91. The van der Waals surface area contributed by atoms with Crippen molar-refractivity contribution in [3.63, 3.8) is 0 Å². The third kappa shape index (κ3) is 3.12. The first-order valence-electron chi connectivity index (χ1n) is 9.78. The maximum Gasteiger partial charge on any atom is 0.132 e. The van der Waals surface area contributed by atoms with Gasteiger partial charge in [-0.3, -0.25) is 4.98 Å². The van der Waals surface area contributed by atoms with E-state index in [1.807, 2.05) is 42.6 Å². The number of benzene rings is 3. The Morgan fingerprint density at radius 2 is 1.69 bits per heavy atom. The number of hydrogen-bond acceptors (Lipinski definition) is 2. The van der Waals surface area contributed by atoms with Crippen LogP contribution in [0.1, 0.15) is 25.3 Å². The first-order valence-corrected chi connectivity index (χ1v) is 10.6. The summed E-state index contributed by atoms with van der Waals surface area (Å²) in [4.78, 5) is 4.59. The van der Waals surface area contributed by atoms with Crippen molar-refractivity contribution in [1.29, 1.82) is 0 Å². The van der Waals surface area contributed by atoms with E-state index in [2.05, 4.69) is 49.2 Å². The predicted octanol–water partition coefficient (Wildman–Crippen LogP) is 8.05. The van der Waals surface area contributed by atoms with Gasteiger partial charge in [-0.25, -0.2) is 4.39 Å². The summed E-state index contributed by atoms with van der Waals surface area (Å²) in [5.74, 6) is 0.242. The van der Waals surface area contributed by atoms with Crippen molar-refractivity contribution >= 4 is 31.5 Å². The van der Waals surface area contributed by atoms with Crippen molar-refractivity contribution in [3.8, 4) is 22.4 Å². The Morgan fingerprint density at radius 3 is 2.48 bits per heavy atom. The van der Waals surface area contributed by atoms with Crippen molar-refractivity contribution in [2.75, 3.05) is 0 Å². The highest BCUT2D eigenvalue weighted by Crippen LogP contribution is 2.42. The summed E-state index contributed by atoms with van der Waals surface area (Å²) in [5.41, 5.74) is 5.44. The fourth-order valence-electron chi connectivity index (χ4n) is 3.80. The summed E-state index contributed by atoms with van der Waals surface area (Å²) < 4.78 is 16.9. The number of hydrogen-bond donors (Lipinski definition) is 0. The molecule has 3 aromatic carbocycles. The Labute approximate surface area is 173 Å². The van der Waals surface area contributed by atoms with E-state index in [0.717, 1.165) is 31.6 Å². The van der Waals surface area contributed by atoms with Gasteiger partial charge in [0.2, 0.25) is 0 Å². The summed E-state index contributed by atoms with van der Waals surface area (Å²) in [6.45, 7) is 4.34. The number of pyridine rings is 1. The van der Waals surface area contributed by atoms with E-state index >= 15 is 0 Å². The lowest BCUT2D eigenvalue weighted by atomic mass is 10.00. The number of aromatic nitrogens is 1. The summed E-state index contributed by atoms with van der Waals surface area (Å²) in [6, 6.07) is 24.2. The molecule has 0 aliphatic rings. The van der Waals surface area contributed by atoms with Crippen LogP contribution in [0.2, 0.25) is 0 Å². The molecule has 142 valence electrons. The molecule has 0 aliphatic heterocycles. The third-order valence-corrected chi connectivity index (χ3v) is 6.59. The Kier molecular flexibility index (Phi) is 4.40. The molecule has 0 fully saturated rings. The normalized spacial score (nSPS) is 11.6. The van der Waals surface area contributed by atoms with Crippen LogP contribution in [-0.2, 0) is 0 Å². The minimum Gasteiger partial charge on any atom is -0.256 e. The van der Waals surface area contributed by atoms with Crippen molar-refractivity contribution in [3.05, 3.63) is 90.4 Å². The molecule has 0 unspecified atom stereocenters. The summed E-state index contributed by atoms with van der Waals surface area (Å²) in [6.07, 6.45) is 1.85. The first-order chi connectivity index (χ1) is 14.1. The molecule has 29 heavy (non-hydrogen) atoms. The molecule has 0 radical (unpaired) electrons. The van der Waals surface area contributed by atoms with Gasteiger partial charge in [0.25, 0.3) is 0 Å². The Balaban J connectivity index is 1.75. The van der Waals surface area contributed by atoms with Crippen molar-refractivity contribution in [2.45, 2.75) is 19.8 Å². The fourth-order valence-corrected chi connectivity index (χ4v) is 5.08. The van der Waals surface area contributed by atoms with E-state index in [9.17, 15) is 4.39 Å². The van der Waals surface area contributed by atoms with Gasteiger partial charge >= 0.3 is 0 Å². The zero-order valence-electron chi connectivity index (χ0n) is 16.3. The number of nitrogens with zero attached hydrogens (tertiary/aromatic N) is 1. The van der Waals surface area contributed by atoms with Crippen LogP contribution >= 0.6 is 11.3 Å². The van der Waals surface area contributed by atoms with Crippen LogP contribution < -0.4 is 0 Å². The van der Waals surface area contributed by atoms with Gasteiger partial charge in [-0.2, -0.15) is 0 Å². The van der Waals surface area contributed by atoms with Gasteiger partial charge in [0.05, 0.1) is 5.69 Å². The van der Waals surface area contributed by atoms with Gasteiger partial charge < -0.3 is 0 Å². The molecule has 0 aliphatic carbocycles. The van der Waals surface area contributed by atoms with Gasteiger partial charge in [0, 0.05) is 31.9 Å². The maximum atomic E-state index is 14.9. The minimum absolute atomic E-state index is 0.178. The predicted molar refractivity (Wildman–Crippen MR) is 122 cm³/mol. The largest absolute Gasteiger partial charge is 0.256 e. The molecule has 3 heteroatoms. The highest BCUT2D eigenvalue weighted by Gasteiger charge is 2.16. The smallest absolute Gasteiger partial charge is 0.132 e. The van der Waals surface area contributed by atoms with Crippen LogP contribution in [0, 0.1) is 5.82 Å². The van der Waals surface area contributed by atoms with Crippen molar-refractivity contribution < 1.29 is 4.39 Å². The lowest BCUT2D eigenvalue weighted by Gasteiger charge is -2.08. The highest BCUT2D eigenvalue weighted by molar-refractivity contribution is 7.26. The lowest BCUT2D eigenvalue weighted by molar-refractivity contribution is 0.641. The van der Waals surface area contributed by atoms with Gasteiger partial charge in [-0.15, -0.1) is 11.3 Å². The monoisotopic (exact) mass is 397 g/mol. The van der Waals surface area contributed by atoms with Crippen LogP contribution in [0.15, 0.2) is 79.0 Å². The molecule has 5 aromatic rings. The zero-order chi connectivity index (χ0) is 20.0. The Morgan fingerprint density at radius 1 is 0.862 bits per heavy atom. The van der Waals surface area contributed by atoms with Crippen molar-refractivity contribution in [1.82, 2.24) is 4.98 Å². The second-order valence-corrected chi connectivity index (χ2v) is 8.66. The van der Waals surface area contributed by atoms with Crippen molar-refractivity contribution in [2.24, 2.45) is 0 Å². The third-order valence-electron chi connectivity index (χ3n) is 5.40. The average Bonchev–Trinajstić information content (AvgIpc) is 3.14. The second-order valence-electron chi connectivity index (χ2n) is 7.61. The molecule has 0 amide bonds. The van der Waals surface area contributed by atoms with Crippen LogP contribution in [0.5, 0.6) is 0 Å². The topological polar surface area (TPSA) is 12.9 Å². The molecule has 0 saturated heterocycles. The number of thiophene rings is 1. The SMILES string of the molecule is CC(C)c1ccnc(-c2ccc(F)c3c2sc2cc(-c4ccccc4)ccc23)c1. The molecule has 0 spiro atoms. The van der Waals surface area contributed by atoms with E-state index in [-0.39, 0.29) is 5.82 Å². The molecule has 0 bridgehead atoms. The van der Waals surface area contributed by atoms with Gasteiger partial charge in [0.15, 0.2) is 0 Å². The fraction of sp³-hybridized carbons (Fsp3) is 0.115. The van der Waals surface area contributed by atoms with Gasteiger partial charge in [0.1, 0.15) is 5.82 Å². The molecular weight excluding hydrogens is 377 g/mol. The molecule has 2 heterocycles. The van der Waals surface area contributed by atoms with Gasteiger partial charge in [-0.1, -0.05) is 56.3 Å². The van der Waals surface area contributed by atoms with E-state index < -0.39 is 0 Å². The quantitative estimate of drug-likeness (QED) is 0.300. The zero-order valence-corrected chi connectivity index (χ0v) is 17.1. The summed E-state index contributed by atoms with van der Waals surface area (Å²) in [7, 11) is 0. The van der Waals surface area contributed by atoms with E-state index in [1.54, 1.807) is 17.4 Å². The maximum absolute atomic E-state index is 14.9. The van der Waals surface area contributed by atoms with E-state index in [1.165, 1.54) is 11.1 Å². The van der Waals surface area contributed by atoms with Crippen LogP contribution in [0.25, 0.3) is 42.6 Å². The van der Waals surface area contributed by atoms with Crippen LogP contribution in [0.3, 0.4) is 0 Å². The number of halogens is 1. The molecule has 0 saturated carbocycles. The van der Waals surface area contributed by atoms with Crippen LogP contribution in [-0.4, -0.2) is 4.98 Å². The Bertz CT molecular complexity index is 1340. The number of rotatable bonds is 3. The minimum atomic E-state index is -0.178. The van der Waals surface area contributed by atoms with Crippen LogP contribution in [0.4, 0.5) is 4.39 Å². The highest BCUT2D eigenvalue weighted by atomic mass is 32.1. The second kappa shape index (κ2) is 7.09. The summed E-state index contributed by atoms with van der Waals surface area (Å²) in [5, 5.41) is 1.66. The van der Waals surface area contributed by atoms with E-state index in [4.69, 9.17) is 0 Å². The van der Waals surface area contributed by atoms with Gasteiger partial charge in [-0.05, 0) is 52.9 Å². The van der Waals surface area contributed by atoms with E-state index in [0.29, 0.717) is 11.3 Å². The molecular formula is C26H20FNS. The average molecular weight is 398 g/mol. The molecule has 5 rings (SSSR count). The standard InChI is InChI=1S/C26H20FNS/c1-16(2)18-12-13-28-23(14-18)20-10-11-22(27)25-21-9-8-19(15-24(21)29-26(20)25)17-6-4-3-5-7-17/h3-16H,1-2H3. The molecule has 0 atom stereocenters. The molecule has 1 nitrogen and oxygen atoms in total. The first kappa shape index (κ1) is 18.0. The number of fused-ring (bicyclic) bond motifs is 3.